The van der Waals surface area contributed by atoms with Gasteiger partial charge in [-0.3, -0.25) is 4.79 Å². The molecule has 0 bridgehead atoms. The topological polar surface area (TPSA) is 69.7 Å². The Balaban J connectivity index is 2.06. The van der Waals surface area contributed by atoms with E-state index in [1.165, 1.54) is 12.2 Å². The molecule has 0 aromatic heterocycles. The van der Waals surface area contributed by atoms with Gasteiger partial charge in [0.1, 0.15) is 11.5 Å². The molecule has 0 heterocycles. The smallest absolute Gasteiger partial charge is 0.335 e. The van der Waals surface area contributed by atoms with Crippen molar-refractivity contribution >= 4 is 17.7 Å². The molecular weight excluding hydrogens is 332 g/mol. The number of hydrogen-bond acceptors (Lipinski definition) is 5. The van der Waals surface area contributed by atoms with Crippen molar-refractivity contribution in [2.45, 2.75) is 13.8 Å². The van der Waals surface area contributed by atoms with Crippen LogP contribution >= 0.6 is 0 Å². The first-order valence-electron chi connectivity index (χ1n) is 7.97. The maximum Gasteiger partial charge on any atom is 0.335 e. The predicted octanol–water partition coefficient (Wildman–Crippen LogP) is 3.88. The van der Waals surface area contributed by atoms with Gasteiger partial charge in [-0.25, -0.2) is 9.59 Å². The van der Waals surface area contributed by atoms with Crippen LogP contribution in [0.25, 0.3) is 0 Å². The minimum absolute atomic E-state index is 0.192. The highest BCUT2D eigenvalue weighted by Crippen LogP contribution is 2.18. The van der Waals surface area contributed by atoms with Crippen LogP contribution in [0.4, 0.5) is 0 Å². The number of rotatable bonds is 6. The van der Waals surface area contributed by atoms with Crippen LogP contribution in [0, 0.1) is 0 Å². The monoisotopic (exact) mass is 350 g/mol. The van der Waals surface area contributed by atoms with Gasteiger partial charge in [0.05, 0.1) is 0 Å². The fourth-order valence-corrected chi connectivity index (χ4v) is 2.09. The summed E-state index contributed by atoms with van der Waals surface area (Å²) in [6.45, 7) is 3.44. The molecule has 0 unspecified atom stereocenters. The Morgan fingerprint density at radius 2 is 1.00 bits per heavy atom. The molecule has 2 aromatic carbocycles. The number of ether oxygens (including phenoxy) is 2. The Morgan fingerprint density at radius 3 is 1.31 bits per heavy atom. The largest absolute Gasteiger partial charge is 0.423 e. The fraction of sp³-hybridized carbons (Fsp3) is 0.0952. The molecule has 0 saturated carbocycles. The van der Waals surface area contributed by atoms with Crippen molar-refractivity contribution in [3.8, 4) is 11.5 Å². The summed E-state index contributed by atoms with van der Waals surface area (Å²) in [6.07, 6.45) is 5.78. The molecule has 5 nitrogen and oxygen atoms in total. The maximum absolute atomic E-state index is 12.5. The molecule has 0 atom stereocenters. The molecule has 26 heavy (non-hydrogen) atoms. The Kier molecular flexibility index (Phi) is 6.62. The first-order valence-corrected chi connectivity index (χ1v) is 7.97. The van der Waals surface area contributed by atoms with Crippen molar-refractivity contribution < 1.29 is 23.9 Å². The Bertz CT molecular complexity index is 771. The van der Waals surface area contributed by atoms with Gasteiger partial charge in [0, 0.05) is 23.3 Å². The summed E-state index contributed by atoms with van der Waals surface area (Å²) in [5.41, 5.74) is 0.906. The highest BCUT2D eigenvalue weighted by Gasteiger charge is 2.10. The molecule has 2 rings (SSSR count). The van der Waals surface area contributed by atoms with Crippen LogP contribution in [-0.2, 0) is 9.59 Å². The summed E-state index contributed by atoms with van der Waals surface area (Å²) in [5, 5.41) is 0. The standard InChI is InChI=1S/C21H18O5/c1-3-5-19(22)25-17-11-7-15(8-12-17)21(24)16-9-13-18(14-10-16)26-20(23)6-4-2/h3-14H,1-2H3/b5-3+,6-4+. The lowest BCUT2D eigenvalue weighted by Gasteiger charge is -2.05. The van der Waals surface area contributed by atoms with E-state index in [2.05, 4.69) is 0 Å². The zero-order chi connectivity index (χ0) is 18.9. The van der Waals surface area contributed by atoms with Crippen LogP contribution in [-0.4, -0.2) is 17.7 Å². The number of carbonyl (C=O) groups is 3. The Labute approximate surface area is 151 Å². The molecule has 0 amide bonds. The first kappa shape index (κ1) is 18.9. The van der Waals surface area contributed by atoms with Crippen LogP contribution in [0.5, 0.6) is 11.5 Å². The lowest BCUT2D eigenvalue weighted by molar-refractivity contribution is -0.129. The second-order valence-electron chi connectivity index (χ2n) is 5.22. The van der Waals surface area contributed by atoms with E-state index in [-0.39, 0.29) is 5.78 Å². The molecule has 0 aliphatic heterocycles. The fourth-order valence-electron chi connectivity index (χ4n) is 2.09. The van der Waals surface area contributed by atoms with E-state index in [0.717, 1.165) is 0 Å². The van der Waals surface area contributed by atoms with Gasteiger partial charge < -0.3 is 9.47 Å². The summed E-state index contributed by atoms with van der Waals surface area (Å²) in [7, 11) is 0. The molecule has 0 aliphatic carbocycles. The maximum atomic E-state index is 12.5. The molecule has 132 valence electrons. The van der Waals surface area contributed by atoms with Gasteiger partial charge in [-0.1, -0.05) is 12.2 Å². The molecule has 0 spiro atoms. The van der Waals surface area contributed by atoms with E-state index in [1.54, 1.807) is 74.5 Å². The number of benzene rings is 2. The number of carbonyl (C=O) groups excluding carboxylic acids is 3. The van der Waals surface area contributed by atoms with E-state index < -0.39 is 11.9 Å². The van der Waals surface area contributed by atoms with Crippen molar-refractivity contribution in [3.63, 3.8) is 0 Å². The van der Waals surface area contributed by atoms with E-state index >= 15 is 0 Å². The normalized spacial score (nSPS) is 10.8. The summed E-state index contributed by atoms with van der Waals surface area (Å²) < 4.78 is 10.2. The number of hydrogen-bond donors (Lipinski definition) is 0. The summed E-state index contributed by atoms with van der Waals surface area (Å²) in [4.78, 5) is 35.3. The zero-order valence-electron chi connectivity index (χ0n) is 14.5. The van der Waals surface area contributed by atoms with Gasteiger partial charge >= 0.3 is 11.9 Å². The number of esters is 2. The molecule has 0 N–H and O–H groups in total. The minimum atomic E-state index is -0.477. The number of allylic oxidation sites excluding steroid dienone is 2. The third kappa shape index (κ3) is 5.27. The summed E-state index contributed by atoms with van der Waals surface area (Å²) in [5.74, 6) is -0.432. The summed E-state index contributed by atoms with van der Waals surface area (Å²) >= 11 is 0. The van der Waals surface area contributed by atoms with Gasteiger partial charge in [0.15, 0.2) is 5.78 Å². The van der Waals surface area contributed by atoms with Gasteiger partial charge in [0.25, 0.3) is 0 Å². The second kappa shape index (κ2) is 9.13. The zero-order valence-corrected chi connectivity index (χ0v) is 14.5. The van der Waals surface area contributed by atoms with Crippen LogP contribution < -0.4 is 9.47 Å². The van der Waals surface area contributed by atoms with Gasteiger partial charge in [-0.2, -0.15) is 0 Å². The van der Waals surface area contributed by atoms with E-state index in [0.29, 0.717) is 22.6 Å². The van der Waals surface area contributed by atoms with Crippen molar-refractivity contribution in [3.05, 3.63) is 84.0 Å². The van der Waals surface area contributed by atoms with Gasteiger partial charge in [-0.05, 0) is 62.4 Å². The second-order valence-corrected chi connectivity index (χ2v) is 5.22. The van der Waals surface area contributed by atoms with Crippen LogP contribution in [0.15, 0.2) is 72.8 Å². The molecule has 0 aliphatic rings. The van der Waals surface area contributed by atoms with Crippen LogP contribution in [0.1, 0.15) is 29.8 Å². The molecule has 0 saturated heterocycles. The lowest BCUT2D eigenvalue weighted by Crippen LogP contribution is -2.06. The SMILES string of the molecule is C/C=C/C(=O)Oc1ccc(C(=O)c2ccc(OC(=O)/C=C/C)cc2)cc1. The van der Waals surface area contributed by atoms with Crippen molar-refractivity contribution in [1.82, 2.24) is 0 Å². The van der Waals surface area contributed by atoms with Gasteiger partial charge in [0.2, 0.25) is 0 Å². The van der Waals surface area contributed by atoms with Crippen LogP contribution in [0.3, 0.4) is 0 Å². The molecule has 0 radical (unpaired) electrons. The average Bonchev–Trinajstić information content (AvgIpc) is 2.63. The quantitative estimate of drug-likeness (QED) is 0.342. The Hall–Kier alpha value is -3.47. The lowest BCUT2D eigenvalue weighted by atomic mass is 10.0. The molecule has 5 heteroatoms. The van der Waals surface area contributed by atoms with Crippen LogP contribution in [0.2, 0.25) is 0 Å². The molecule has 2 aromatic rings. The van der Waals surface area contributed by atoms with E-state index in [4.69, 9.17) is 9.47 Å². The number of ketones is 1. The van der Waals surface area contributed by atoms with Crippen molar-refractivity contribution in [2.24, 2.45) is 0 Å². The summed E-state index contributed by atoms with van der Waals surface area (Å²) in [6, 6.07) is 12.6. The Morgan fingerprint density at radius 1 is 0.654 bits per heavy atom. The van der Waals surface area contributed by atoms with E-state index in [9.17, 15) is 14.4 Å². The minimum Gasteiger partial charge on any atom is -0.423 e. The average molecular weight is 350 g/mol. The molecular formula is C21H18O5. The first-order chi connectivity index (χ1) is 12.5. The van der Waals surface area contributed by atoms with Crippen molar-refractivity contribution in [1.29, 1.82) is 0 Å². The highest BCUT2D eigenvalue weighted by molar-refractivity contribution is 6.09. The predicted molar refractivity (Wildman–Crippen MR) is 97.2 cm³/mol. The van der Waals surface area contributed by atoms with E-state index in [1.807, 2.05) is 0 Å². The third-order valence-electron chi connectivity index (χ3n) is 3.28. The highest BCUT2D eigenvalue weighted by atomic mass is 16.5. The third-order valence-corrected chi connectivity index (χ3v) is 3.28. The van der Waals surface area contributed by atoms with Gasteiger partial charge in [-0.15, -0.1) is 0 Å². The van der Waals surface area contributed by atoms with Crippen molar-refractivity contribution in [2.75, 3.05) is 0 Å². The molecule has 0 fully saturated rings.